The van der Waals surface area contributed by atoms with Gasteiger partial charge in [-0.3, -0.25) is 14.5 Å². The Labute approximate surface area is 295 Å². The average molecular weight is 698 g/mol. The quantitative estimate of drug-likeness (QED) is 0.226. The van der Waals surface area contributed by atoms with E-state index in [-0.39, 0.29) is 24.1 Å². The molecule has 0 aliphatic carbocycles. The summed E-state index contributed by atoms with van der Waals surface area (Å²) >= 11 is 6.56. The van der Waals surface area contributed by atoms with Gasteiger partial charge in [0.15, 0.2) is 6.10 Å². The van der Waals surface area contributed by atoms with Gasteiger partial charge in [-0.25, -0.2) is 9.59 Å². The first kappa shape index (κ1) is 32.8. The third-order valence-electron chi connectivity index (χ3n) is 11.5. The van der Waals surface area contributed by atoms with Crippen molar-refractivity contribution in [3.8, 4) is 0 Å². The van der Waals surface area contributed by atoms with Crippen LogP contribution in [-0.2, 0) is 16.0 Å². The van der Waals surface area contributed by atoms with Gasteiger partial charge in [0, 0.05) is 49.4 Å². The summed E-state index contributed by atoms with van der Waals surface area (Å²) in [7, 11) is 2.19. The summed E-state index contributed by atoms with van der Waals surface area (Å²) < 4.78 is 7.95. The molecule has 1 atom stereocenters. The van der Waals surface area contributed by atoms with Crippen LogP contribution in [0.5, 0.6) is 0 Å². The zero-order chi connectivity index (χ0) is 34.4. The van der Waals surface area contributed by atoms with E-state index in [2.05, 4.69) is 27.1 Å². The SMILES string of the molecule is CN1CCC(C2CCN(C(=O)[C@@H](Cc3cc(Cl)c4[nH]ncc4c3)OC(=O)N3CCC(n4c(=O)[nH]c5c6ccccc6ccc54)CC3)CC2)CC1. The lowest BCUT2D eigenvalue weighted by molar-refractivity contribution is -0.142. The van der Waals surface area contributed by atoms with E-state index in [4.69, 9.17) is 16.3 Å². The van der Waals surface area contributed by atoms with Crippen molar-refractivity contribution in [1.29, 1.82) is 0 Å². The number of imidazole rings is 1. The van der Waals surface area contributed by atoms with Crippen LogP contribution in [-0.4, -0.2) is 98.9 Å². The van der Waals surface area contributed by atoms with Gasteiger partial charge in [0.25, 0.3) is 5.91 Å². The number of hydrogen-bond donors (Lipinski definition) is 2. The van der Waals surface area contributed by atoms with Crippen LogP contribution in [0, 0.1) is 11.8 Å². The van der Waals surface area contributed by atoms with E-state index >= 15 is 0 Å². The van der Waals surface area contributed by atoms with Gasteiger partial charge in [-0.05, 0) is 99.6 Å². The summed E-state index contributed by atoms with van der Waals surface area (Å²) in [5.74, 6) is 1.18. The minimum Gasteiger partial charge on any atom is -0.436 e. The predicted octanol–water partition coefficient (Wildman–Crippen LogP) is 5.98. The van der Waals surface area contributed by atoms with Gasteiger partial charge in [-0.15, -0.1) is 0 Å². The van der Waals surface area contributed by atoms with E-state index in [1.54, 1.807) is 11.1 Å². The standard InChI is InChI=1S/C38H44ClN7O4/c1-43-14-8-25(9-15-43)26-10-16-44(17-11-26)36(47)33(22-24-20-28-23-40-42-34(28)31(39)21-24)50-38(49)45-18-12-29(13-19-45)46-32-7-6-27-4-2-3-5-30(27)35(32)41-37(46)48/h2-7,20-21,23,25-26,29,33H,8-19,22H2,1H3,(H,40,42)(H,41,48)/t33-/m1/s1. The molecule has 0 spiro atoms. The number of amides is 2. The van der Waals surface area contributed by atoms with Crippen molar-refractivity contribution in [3.05, 3.63) is 75.8 Å². The lowest BCUT2D eigenvalue weighted by atomic mass is 9.79. The molecule has 2 N–H and O–H groups in total. The molecule has 262 valence electrons. The number of fused-ring (bicyclic) bond motifs is 4. The summed E-state index contributed by atoms with van der Waals surface area (Å²) in [5.41, 5.74) is 3.10. The van der Waals surface area contributed by atoms with E-state index in [1.807, 2.05) is 58.0 Å². The van der Waals surface area contributed by atoms with E-state index < -0.39 is 12.2 Å². The first-order valence-corrected chi connectivity index (χ1v) is 18.4. The highest BCUT2D eigenvalue weighted by atomic mass is 35.5. The van der Waals surface area contributed by atoms with Gasteiger partial charge in [-0.1, -0.05) is 41.9 Å². The molecule has 0 unspecified atom stereocenters. The number of H-pyrrole nitrogens is 2. The molecule has 0 saturated carbocycles. The van der Waals surface area contributed by atoms with Crippen molar-refractivity contribution in [2.75, 3.05) is 46.3 Å². The van der Waals surface area contributed by atoms with Crippen molar-refractivity contribution in [2.45, 2.75) is 57.1 Å². The number of nitrogens with one attached hydrogen (secondary N) is 2. The Balaban J connectivity index is 0.961. The number of halogens is 1. The summed E-state index contributed by atoms with van der Waals surface area (Å²) in [6.45, 7) is 4.46. The molecule has 5 heterocycles. The number of piperidine rings is 3. The van der Waals surface area contributed by atoms with Crippen molar-refractivity contribution >= 4 is 56.3 Å². The van der Waals surface area contributed by atoms with Crippen LogP contribution in [0.2, 0.25) is 5.02 Å². The Morgan fingerprint density at radius 2 is 1.58 bits per heavy atom. The van der Waals surface area contributed by atoms with E-state index in [0.29, 0.717) is 55.9 Å². The molecule has 3 aliphatic heterocycles. The number of nitrogens with zero attached hydrogens (tertiary/aromatic N) is 5. The Bertz CT molecular complexity index is 2080. The van der Waals surface area contributed by atoms with E-state index in [1.165, 1.54) is 12.8 Å². The highest BCUT2D eigenvalue weighted by Crippen LogP contribution is 2.33. The fourth-order valence-electron chi connectivity index (χ4n) is 8.61. The molecule has 5 aromatic rings. The molecule has 50 heavy (non-hydrogen) atoms. The first-order chi connectivity index (χ1) is 24.3. The van der Waals surface area contributed by atoms with Crippen LogP contribution in [0.1, 0.15) is 50.1 Å². The van der Waals surface area contributed by atoms with Crippen LogP contribution in [0.15, 0.2) is 59.5 Å². The summed E-state index contributed by atoms with van der Waals surface area (Å²) in [4.78, 5) is 50.1. The first-order valence-electron chi connectivity index (χ1n) is 18.0. The molecule has 3 saturated heterocycles. The molecule has 8 rings (SSSR count). The number of rotatable bonds is 6. The van der Waals surface area contributed by atoms with Gasteiger partial charge >= 0.3 is 11.8 Å². The number of aromatic amines is 2. The number of ether oxygens (including phenoxy) is 1. The Kier molecular flexibility index (Phi) is 9.03. The predicted molar refractivity (Wildman–Crippen MR) is 195 cm³/mol. The lowest BCUT2D eigenvalue weighted by Gasteiger charge is -2.40. The zero-order valence-electron chi connectivity index (χ0n) is 28.4. The molecule has 2 amide bonds. The fourth-order valence-corrected chi connectivity index (χ4v) is 8.90. The molecular weight excluding hydrogens is 654 g/mol. The van der Waals surface area contributed by atoms with Gasteiger partial charge < -0.3 is 24.4 Å². The molecule has 3 aromatic carbocycles. The topological polar surface area (TPSA) is 120 Å². The molecule has 3 fully saturated rings. The normalized spacial score (nSPS) is 19.5. The van der Waals surface area contributed by atoms with Crippen LogP contribution >= 0.6 is 11.6 Å². The van der Waals surface area contributed by atoms with Gasteiger partial charge in [0.2, 0.25) is 0 Å². The summed E-state index contributed by atoms with van der Waals surface area (Å²) in [6, 6.07) is 15.8. The molecule has 2 aromatic heterocycles. The summed E-state index contributed by atoms with van der Waals surface area (Å²) in [6.07, 6.45) is 6.02. The molecule has 3 aliphatic rings. The van der Waals surface area contributed by atoms with Crippen molar-refractivity contribution < 1.29 is 14.3 Å². The van der Waals surface area contributed by atoms with E-state index in [9.17, 15) is 14.4 Å². The van der Waals surface area contributed by atoms with Gasteiger partial charge in [0.1, 0.15) is 0 Å². The largest absolute Gasteiger partial charge is 0.436 e. The highest BCUT2D eigenvalue weighted by Gasteiger charge is 2.36. The van der Waals surface area contributed by atoms with Crippen LogP contribution in [0.3, 0.4) is 0 Å². The molecule has 12 heteroatoms. The van der Waals surface area contributed by atoms with Crippen LogP contribution < -0.4 is 5.69 Å². The van der Waals surface area contributed by atoms with Gasteiger partial charge in [0.05, 0.1) is 27.8 Å². The van der Waals surface area contributed by atoms with Crippen molar-refractivity contribution in [2.24, 2.45) is 11.8 Å². The minimum atomic E-state index is -0.981. The third kappa shape index (κ3) is 6.37. The lowest BCUT2D eigenvalue weighted by Crippen LogP contribution is -2.49. The number of likely N-dealkylation sites (tertiary alicyclic amines) is 3. The number of carbonyl (C=O) groups is 2. The Morgan fingerprint density at radius 3 is 2.34 bits per heavy atom. The fraction of sp³-hybridized carbons (Fsp3) is 0.474. The van der Waals surface area contributed by atoms with Crippen molar-refractivity contribution in [3.63, 3.8) is 0 Å². The maximum absolute atomic E-state index is 14.1. The second kappa shape index (κ2) is 13.8. The Morgan fingerprint density at radius 1 is 0.880 bits per heavy atom. The van der Waals surface area contributed by atoms with Crippen LogP contribution in [0.25, 0.3) is 32.7 Å². The molecule has 0 radical (unpaired) electrons. The number of benzene rings is 3. The Hall–Kier alpha value is -4.35. The zero-order valence-corrected chi connectivity index (χ0v) is 29.2. The highest BCUT2D eigenvalue weighted by molar-refractivity contribution is 6.35. The smallest absolute Gasteiger partial charge is 0.410 e. The average Bonchev–Trinajstić information content (AvgIpc) is 3.76. The van der Waals surface area contributed by atoms with Crippen LogP contribution in [0.4, 0.5) is 4.79 Å². The number of hydrogen-bond acceptors (Lipinski definition) is 6. The van der Waals surface area contributed by atoms with E-state index in [0.717, 1.165) is 64.2 Å². The number of carbonyl (C=O) groups excluding carboxylic acids is 2. The maximum atomic E-state index is 14.1. The second-order valence-corrected chi connectivity index (χ2v) is 14.9. The number of aromatic nitrogens is 4. The third-order valence-corrected chi connectivity index (χ3v) is 11.8. The molecular formula is C38H44ClN7O4. The molecule has 0 bridgehead atoms. The summed E-state index contributed by atoms with van der Waals surface area (Å²) in [5, 5.41) is 10.5. The minimum absolute atomic E-state index is 0.0615. The van der Waals surface area contributed by atoms with Gasteiger partial charge in [-0.2, -0.15) is 5.10 Å². The molecule has 11 nitrogen and oxygen atoms in total. The second-order valence-electron chi connectivity index (χ2n) is 14.5. The van der Waals surface area contributed by atoms with Crippen molar-refractivity contribution in [1.82, 2.24) is 34.4 Å². The monoisotopic (exact) mass is 697 g/mol. The maximum Gasteiger partial charge on any atom is 0.410 e.